The lowest BCUT2D eigenvalue weighted by Crippen LogP contribution is -1.99. The van der Waals surface area contributed by atoms with Crippen LogP contribution in [-0.2, 0) is 11.2 Å². The van der Waals surface area contributed by atoms with Crippen molar-refractivity contribution in [3.63, 3.8) is 0 Å². The van der Waals surface area contributed by atoms with Gasteiger partial charge in [0.2, 0.25) is 0 Å². The number of anilines is 1. The Morgan fingerprint density at radius 3 is 2.79 bits per heavy atom. The van der Waals surface area contributed by atoms with E-state index in [-0.39, 0.29) is 0 Å². The standard InChI is InChI=1S/C12H17NO/c1-2-4-12(14)8-7-10-5-3-6-11(13)9-10/h3,5-6,9H,2,4,7-8,13H2,1H3. The van der Waals surface area contributed by atoms with Crippen molar-refractivity contribution in [1.29, 1.82) is 0 Å². The Morgan fingerprint density at radius 1 is 1.36 bits per heavy atom. The Balaban J connectivity index is 2.41. The van der Waals surface area contributed by atoms with Crippen molar-refractivity contribution in [3.8, 4) is 0 Å². The average Bonchev–Trinajstić information content (AvgIpc) is 2.15. The third-order valence-electron chi connectivity index (χ3n) is 2.17. The van der Waals surface area contributed by atoms with Crippen molar-refractivity contribution < 1.29 is 4.79 Å². The molecule has 76 valence electrons. The Morgan fingerprint density at radius 2 is 2.14 bits per heavy atom. The first kappa shape index (κ1) is 10.8. The Hall–Kier alpha value is -1.31. The van der Waals surface area contributed by atoms with Gasteiger partial charge in [-0.05, 0) is 30.5 Å². The summed E-state index contributed by atoms with van der Waals surface area (Å²) in [4.78, 5) is 11.3. The molecule has 0 aromatic heterocycles. The number of Topliss-reactive ketones (excluding diaryl/α,β-unsaturated/α-hetero) is 1. The van der Waals surface area contributed by atoms with Gasteiger partial charge >= 0.3 is 0 Å². The van der Waals surface area contributed by atoms with E-state index in [9.17, 15) is 4.79 Å². The lowest BCUT2D eigenvalue weighted by molar-refractivity contribution is -0.119. The van der Waals surface area contributed by atoms with Crippen LogP contribution in [0, 0.1) is 0 Å². The highest BCUT2D eigenvalue weighted by atomic mass is 16.1. The number of aryl methyl sites for hydroxylation is 1. The van der Waals surface area contributed by atoms with E-state index in [0.717, 1.165) is 24.1 Å². The number of nitrogens with two attached hydrogens (primary N) is 1. The molecule has 0 aliphatic rings. The van der Waals surface area contributed by atoms with Crippen LogP contribution in [0.3, 0.4) is 0 Å². The molecule has 0 heterocycles. The molecule has 1 rings (SSSR count). The second-order valence-corrected chi connectivity index (χ2v) is 3.53. The van der Waals surface area contributed by atoms with Gasteiger partial charge in [0.25, 0.3) is 0 Å². The minimum atomic E-state index is 0.343. The van der Waals surface area contributed by atoms with Crippen LogP contribution in [0.15, 0.2) is 24.3 Å². The minimum absolute atomic E-state index is 0.343. The summed E-state index contributed by atoms with van der Waals surface area (Å²) in [6, 6.07) is 7.72. The molecule has 0 amide bonds. The molecule has 2 N–H and O–H groups in total. The zero-order chi connectivity index (χ0) is 10.4. The van der Waals surface area contributed by atoms with Crippen molar-refractivity contribution in [2.75, 3.05) is 5.73 Å². The van der Waals surface area contributed by atoms with Gasteiger partial charge in [0, 0.05) is 18.5 Å². The van der Waals surface area contributed by atoms with Gasteiger partial charge < -0.3 is 5.73 Å². The monoisotopic (exact) mass is 191 g/mol. The Labute approximate surface area is 85.1 Å². The molecular weight excluding hydrogens is 174 g/mol. The molecule has 0 aliphatic heterocycles. The Kier molecular flexibility index (Phi) is 4.17. The predicted molar refractivity (Wildman–Crippen MR) is 59.1 cm³/mol. The first-order valence-corrected chi connectivity index (χ1v) is 5.08. The summed E-state index contributed by atoms with van der Waals surface area (Å²) in [6.45, 7) is 2.03. The number of carbonyl (C=O) groups excluding carboxylic acids is 1. The molecule has 0 atom stereocenters. The van der Waals surface area contributed by atoms with E-state index < -0.39 is 0 Å². The lowest BCUT2D eigenvalue weighted by Gasteiger charge is -2.01. The number of benzene rings is 1. The van der Waals surface area contributed by atoms with Gasteiger partial charge in [-0.25, -0.2) is 0 Å². The number of nitrogen functional groups attached to an aromatic ring is 1. The van der Waals surface area contributed by atoms with Crippen LogP contribution in [-0.4, -0.2) is 5.78 Å². The maximum Gasteiger partial charge on any atom is 0.133 e. The first-order chi connectivity index (χ1) is 6.72. The molecule has 0 saturated carbocycles. The van der Waals surface area contributed by atoms with Crippen molar-refractivity contribution in [1.82, 2.24) is 0 Å². The molecule has 14 heavy (non-hydrogen) atoms. The van der Waals surface area contributed by atoms with E-state index in [4.69, 9.17) is 5.73 Å². The summed E-state index contributed by atoms with van der Waals surface area (Å²) in [5, 5.41) is 0. The summed E-state index contributed by atoms with van der Waals surface area (Å²) in [7, 11) is 0. The highest BCUT2D eigenvalue weighted by Crippen LogP contribution is 2.09. The summed E-state index contributed by atoms with van der Waals surface area (Å²) >= 11 is 0. The summed E-state index contributed by atoms with van der Waals surface area (Å²) < 4.78 is 0. The molecule has 2 heteroatoms. The van der Waals surface area contributed by atoms with E-state index in [1.54, 1.807) is 0 Å². The fraction of sp³-hybridized carbons (Fsp3) is 0.417. The number of rotatable bonds is 5. The summed E-state index contributed by atoms with van der Waals surface area (Å²) in [6.07, 6.45) is 3.08. The zero-order valence-electron chi connectivity index (χ0n) is 8.62. The second kappa shape index (κ2) is 5.43. The van der Waals surface area contributed by atoms with E-state index in [1.165, 1.54) is 0 Å². The summed E-state index contributed by atoms with van der Waals surface area (Å²) in [5.74, 6) is 0.343. The normalized spacial score (nSPS) is 10.1. The molecule has 0 radical (unpaired) electrons. The topological polar surface area (TPSA) is 43.1 Å². The minimum Gasteiger partial charge on any atom is -0.399 e. The molecule has 0 spiro atoms. The highest BCUT2D eigenvalue weighted by molar-refractivity contribution is 5.78. The van der Waals surface area contributed by atoms with Gasteiger partial charge in [0.05, 0.1) is 0 Å². The van der Waals surface area contributed by atoms with Gasteiger partial charge in [-0.1, -0.05) is 19.1 Å². The van der Waals surface area contributed by atoms with E-state index in [0.29, 0.717) is 18.6 Å². The van der Waals surface area contributed by atoms with Gasteiger partial charge in [-0.15, -0.1) is 0 Å². The Bertz CT molecular complexity index is 307. The molecular formula is C12H17NO. The summed E-state index contributed by atoms with van der Waals surface area (Å²) in [5.41, 5.74) is 7.56. The van der Waals surface area contributed by atoms with Crippen LogP contribution in [0.4, 0.5) is 5.69 Å². The van der Waals surface area contributed by atoms with Gasteiger partial charge in [0.1, 0.15) is 5.78 Å². The van der Waals surface area contributed by atoms with Crippen LogP contribution in [0.25, 0.3) is 0 Å². The molecule has 0 unspecified atom stereocenters. The molecule has 1 aromatic carbocycles. The fourth-order valence-electron chi connectivity index (χ4n) is 1.44. The SMILES string of the molecule is CCCC(=O)CCc1cccc(N)c1. The predicted octanol–water partition coefficient (Wildman–Crippen LogP) is 2.57. The van der Waals surface area contributed by atoms with Gasteiger partial charge in [0.15, 0.2) is 0 Å². The quantitative estimate of drug-likeness (QED) is 0.727. The van der Waals surface area contributed by atoms with E-state index in [1.807, 2.05) is 31.2 Å². The van der Waals surface area contributed by atoms with Gasteiger partial charge in [-0.2, -0.15) is 0 Å². The molecule has 0 aliphatic carbocycles. The highest BCUT2D eigenvalue weighted by Gasteiger charge is 2.01. The first-order valence-electron chi connectivity index (χ1n) is 5.08. The zero-order valence-corrected chi connectivity index (χ0v) is 8.62. The third-order valence-corrected chi connectivity index (χ3v) is 2.17. The van der Waals surface area contributed by atoms with Crippen molar-refractivity contribution >= 4 is 11.5 Å². The maximum atomic E-state index is 11.3. The third kappa shape index (κ3) is 3.60. The second-order valence-electron chi connectivity index (χ2n) is 3.53. The smallest absolute Gasteiger partial charge is 0.133 e. The van der Waals surface area contributed by atoms with Crippen molar-refractivity contribution in [2.45, 2.75) is 32.6 Å². The van der Waals surface area contributed by atoms with Crippen molar-refractivity contribution in [3.05, 3.63) is 29.8 Å². The lowest BCUT2D eigenvalue weighted by atomic mass is 10.1. The number of hydrogen-bond donors (Lipinski definition) is 1. The number of ketones is 1. The molecule has 1 aromatic rings. The molecule has 0 saturated heterocycles. The maximum absolute atomic E-state index is 11.3. The molecule has 0 bridgehead atoms. The largest absolute Gasteiger partial charge is 0.399 e. The van der Waals surface area contributed by atoms with Crippen LogP contribution < -0.4 is 5.73 Å². The fourth-order valence-corrected chi connectivity index (χ4v) is 1.44. The van der Waals surface area contributed by atoms with Crippen LogP contribution in [0.2, 0.25) is 0 Å². The van der Waals surface area contributed by atoms with Crippen LogP contribution in [0.5, 0.6) is 0 Å². The van der Waals surface area contributed by atoms with Crippen molar-refractivity contribution in [2.24, 2.45) is 0 Å². The number of carbonyl (C=O) groups is 1. The molecule has 2 nitrogen and oxygen atoms in total. The van der Waals surface area contributed by atoms with Crippen LogP contribution >= 0.6 is 0 Å². The molecule has 0 fully saturated rings. The average molecular weight is 191 g/mol. The van der Waals surface area contributed by atoms with E-state index >= 15 is 0 Å². The number of hydrogen-bond acceptors (Lipinski definition) is 2. The van der Waals surface area contributed by atoms with Crippen LogP contribution in [0.1, 0.15) is 31.7 Å². The van der Waals surface area contributed by atoms with E-state index in [2.05, 4.69) is 0 Å². The van der Waals surface area contributed by atoms with Gasteiger partial charge in [-0.3, -0.25) is 4.79 Å².